The average molecular weight is 305 g/mol. The van der Waals surface area contributed by atoms with Crippen LogP contribution in [0.15, 0.2) is 65.3 Å². The van der Waals surface area contributed by atoms with Crippen LogP contribution in [0.3, 0.4) is 0 Å². The second-order valence-electron chi connectivity index (χ2n) is 5.72. The maximum absolute atomic E-state index is 12.0. The summed E-state index contributed by atoms with van der Waals surface area (Å²) < 4.78 is 0. The number of amidine groups is 1. The zero-order chi connectivity index (χ0) is 16.4. The molecule has 1 heterocycles. The van der Waals surface area contributed by atoms with Gasteiger partial charge in [-0.1, -0.05) is 35.4 Å². The lowest BCUT2D eigenvalue weighted by Crippen LogP contribution is -2.27. The number of rotatable bonds is 3. The number of nitrogens with one attached hydrogen (secondary N) is 1. The summed E-state index contributed by atoms with van der Waals surface area (Å²) in [5, 5.41) is 3.28. The summed E-state index contributed by atoms with van der Waals surface area (Å²) in [6, 6.07) is 15.9. The van der Waals surface area contributed by atoms with E-state index in [0.29, 0.717) is 11.5 Å². The molecule has 3 rings (SSSR count). The lowest BCUT2D eigenvalue weighted by molar-refractivity contribution is -0.121. The second-order valence-corrected chi connectivity index (χ2v) is 5.72. The van der Waals surface area contributed by atoms with Crippen LogP contribution in [0.2, 0.25) is 0 Å². The monoisotopic (exact) mass is 305 g/mol. The summed E-state index contributed by atoms with van der Waals surface area (Å²) in [6.45, 7) is 4.08. The predicted octanol–water partition coefficient (Wildman–Crippen LogP) is 3.80. The highest BCUT2D eigenvalue weighted by Gasteiger charge is 2.26. The van der Waals surface area contributed by atoms with Gasteiger partial charge in [-0.25, -0.2) is 4.99 Å². The molecule has 1 aliphatic heterocycles. The molecular weight excluding hydrogens is 286 g/mol. The van der Waals surface area contributed by atoms with Crippen molar-refractivity contribution >= 4 is 23.1 Å². The average Bonchev–Trinajstić information content (AvgIpc) is 2.79. The Balaban J connectivity index is 1.90. The molecule has 116 valence electrons. The SMILES string of the molecule is Cc1ccc(N=C2C(Nc3ccc(C)cc3)=CC(=O)N2C)cc1. The number of amides is 1. The van der Waals surface area contributed by atoms with E-state index in [-0.39, 0.29) is 5.91 Å². The number of aliphatic imine (C=N–C) groups is 1. The Bertz CT molecular complexity index is 786. The fraction of sp³-hybridized carbons (Fsp3) is 0.158. The molecule has 1 amide bonds. The first-order valence-electron chi connectivity index (χ1n) is 7.52. The van der Waals surface area contributed by atoms with E-state index >= 15 is 0 Å². The number of hydrogen-bond acceptors (Lipinski definition) is 3. The standard InChI is InChI=1S/C19H19N3O/c1-13-4-8-15(9-5-13)20-17-12-18(23)22(3)19(17)21-16-10-6-14(2)7-11-16/h4-12,20H,1-3H3. The van der Waals surface area contributed by atoms with E-state index in [0.717, 1.165) is 11.4 Å². The van der Waals surface area contributed by atoms with Crippen molar-refractivity contribution in [3.63, 3.8) is 0 Å². The van der Waals surface area contributed by atoms with Gasteiger partial charge in [0.1, 0.15) is 0 Å². The molecule has 23 heavy (non-hydrogen) atoms. The number of aryl methyl sites for hydroxylation is 2. The summed E-state index contributed by atoms with van der Waals surface area (Å²) in [6.07, 6.45) is 1.58. The Kier molecular flexibility index (Phi) is 3.98. The summed E-state index contributed by atoms with van der Waals surface area (Å²) in [4.78, 5) is 18.2. The van der Waals surface area contributed by atoms with Crippen LogP contribution in [0.5, 0.6) is 0 Å². The molecule has 0 spiro atoms. The molecule has 1 N–H and O–H groups in total. The number of carbonyl (C=O) groups excluding carboxylic acids is 1. The Hall–Kier alpha value is -2.88. The Morgan fingerprint density at radius 1 is 0.913 bits per heavy atom. The van der Waals surface area contributed by atoms with Crippen molar-refractivity contribution in [1.82, 2.24) is 4.90 Å². The van der Waals surface area contributed by atoms with Crippen LogP contribution >= 0.6 is 0 Å². The number of hydrogen-bond donors (Lipinski definition) is 1. The molecule has 0 saturated carbocycles. The van der Waals surface area contributed by atoms with E-state index in [1.807, 2.05) is 62.4 Å². The largest absolute Gasteiger partial charge is 0.352 e. The Morgan fingerprint density at radius 3 is 2.09 bits per heavy atom. The van der Waals surface area contributed by atoms with Crippen molar-refractivity contribution in [2.75, 3.05) is 12.4 Å². The third-order valence-electron chi connectivity index (χ3n) is 3.76. The van der Waals surface area contributed by atoms with Gasteiger partial charge in [-0.05, 0) is 38.1 Å². The fourth-order valence-corrected chi connectivity index (χ4v) is 2.33. The Labute approximate surface area is 136 Å². The van der Waals surface area contributed by atoms with Crippen molar-refractivity contribution in [2.24, 2.45) is 4.99 Å². The molecule has 0 unspecified atom stereocenters. The van der Waals surface area contributed by atoms with Gasteiger partial charge in [0.05, 0.1) is 11.4 Å². The summed E-state index contributed by atoms with van der Waals surface area (Å²) in [5.74, 6) is 0.546. The summed E-state index contributed by atoms with van der Waals surface area (Å²) in [7, 11) is 1.73. The molecule has 0 aliphatic carbocycles. The number of nitrogens with zero attached hydrogens (tertiary/aromatic N) is 2. The zero-order valence-electron chi connectivity index (χ0n) is 13.5. The number of benzene rings is 2. The molecule has 0 radical (unpaired) electrons. The van der Waals surface area contributed by atoms with Crippen molar-refractivity contribution in [2.45, 2.75) is 13.8 Å². The molecule has 2 aromatic rings. The van der Waals surface area contributed by atoms with Crippen molar-refractivity contribution in [3.8, 4) is 0 Å². The third-order valence-corrected chi connectivity index (χ3v) is 3.76. The highest BCUT2D eigenvalue weighted by molar-refractivity contribution is 6.20. The second kappa shape index (κ2) is 6.08. The molecule has 4 heteroatoms. The van der Waals surface area contributed by atoms with Gasteiger partial charge in [-0.3, -0.25) is 9.69 Å². The van der Waals surface area contributed by atoms with Crippen LogP contribution in [0.1, 0.15) is 11.1 Å². The van der Waals surface area contributed by atoms with Gasteiger partial charge >= 0.3 is 0 Å². The maximum atomic E-state index is 12.0. The zero-order valence-corrected chi connectivity index (χ0v) is 13.5. The van der Waals surface area contributed by atoms with Crippen LogP contribution in [-0.2, 0) is 4.79 Å². The van der Waals surface area contributed by atoms with Gasteiger partial charge in [0.15, 0.2) is 5.84 Å². The number of likely N-dealkylation sites (N-methyl/N-ethyl adjacent to an activating group) is 1. The quantitative estimate of drug-likeness (QED) is 0.937. The highest BCUT2D eigenvalue weighted by Crippen LogP contribution is 2.21. The number of carbonyl (C=O) groups is 1. The van der Waals surface area contributed by atoms with Crippen LogP contribution in [0.4, 0.5) is 11.4 Å². The van der Waals surface area contributed by atoms with Crippen LogP contribution in [0, 0.1) is 13.8 Å². The van der Waals surface area contributed by atoms with E-state index in [4.69, 9.17) is 0 Å². The van der Waals surface area contributed by atoms with Gasteiger partial charge in [0, 0.05) is 18.8 Å². The van der Waals surface area contributed by atoms with E-state index in [2.05, 4.69) is 10.3 Å². The molecule has 0 aromatic heterocycles. The van der Waals surface area contributed by atoms with Gasteiger partial charge in [-0.15, -0.1) is 0 Å². The van der Waals surface area contributed by atoms with E-state index in [1.165, 1.54) is 11.1 Å². The minimum absolute atomic E-state index is 0.0783. The summed E-state index contributed by atoms with van der Waals surface area (Å²) >= 11 is 0. The van der Waals surface area contributed by atoms with Gasteiger partial charge in [-0.2, -0.15) is 0 Å². The van der Waals surface area contributed by atoms with E-state index in [1.54, 1.807) is 18.0 Å². The molecular formula is C19H19N3O. The van der Waals surface area contributed by atoms with Crippen LogP contribution in [-0.4, -0.2) is 23.7 Å². The van der Waals surface area contributed by atoms with Crippen molar-refractivity contribution in [3.05, 3.63) is 71.4 Å². The normalized spacial score (nSPS) is 16.0. The van der Waals surface area contributed by atoms with Gasteiger partial charge in [0.25, 0.3) is 5.91 Å². The van der Waals surface area contributed by atoms with Crippen molar-refractivity contribution < 1.29 is 4.79 Å². The van der Waals surface area contributed by atoms with Crippen LogP contribution < -0.4 is 5.32 Å². The van der Waals surface area contributed by atoms with Crippen LogP contribution in [0.25, 0.3) is 0 Å². The first kappa shape index (κ1) is 15.0. The van der Waals surface area contributed by atoms with Crippen molar-refractivity contribution in [1.29, 1.82) is 0 Å². The molecule has 0 bridgehead atoms. The molecule has 0 fully saturated rings. The maximum Gasteiger partial charge on any atom is 0.254 e. The molecule has 0 atom stereocenters. The summed E-state index contributed by atoms with van der Waals surface area (Å²) in [5.41, 5.74) is 4.84. The topological polar surface area (TPSA) is 44.7 Å². The van der Waals surface area contributed by atoms with E-state index in [9.17, 15) is 4.79 Å². The minimum Gasteiger partial charge on any atom is -0.352 e. The molecule has 4 nitrogen and oxygen atoms in total. The minimum atomic E-state index is -0.0783. The lowest BCUT2D eigenvalue weighted by Gasteiger charge is -2.14. The third kappa shape index (κ3) is 3.31. The fourth-order valence-electron chi connectivity index (χ4n) is 2.33. The highest BCUT2D eigenvalue weighted by atomic mass is 16.2. The van der Waals surface area contributed by atoms with Gasteiger partial charge < -0.3 is 5.32 Å². The predicted molar refractivity (Wildman–Crippen MR) is 93.9 cm³/mol. The smallest absolute Gasteiger partial charge is 0.254 e. The first-order chi connectivity index (χ1) is 11.0. The lowest BCUT2D eigenvalue weighted by atomic mass is 10.2. The molecule has 0 saturated heterocycles. The van der Waals surface area contributed by atoms with Gasteiger partial charge in [0.2, 0.25) is 0 Å². The number of anilines is 1. The molecule has 2 aromatic carbocycles. The molecule has 1 aliphatic rings. The van der Waals surface area contributed by atoms with E-state index < -0.39 is 0 Å². The Morgan fingerprint density at radius 2 is 1.48 bits per heavy atom. The first-order valence-corrected chi connectivity index (χ1v) is 7.52.